The molecule has 0 fully saturated rings. The maximum absolute atomic E-state index is 12.0. The predicted molar refractivity (Wildman–Crippen MR) is 118 cm³/mol. The molecule has 3 N–H and O–H groups in total. The first-order valence-electron chi connectivity index (χ1n) is 9.88. The van der Waals surface area contributed by atoms with Crippen LogP contribution in [0.5, 0.6) is 0 Å². The largest absolute Gasteiger partial charge is 0.465 e. The van der Waals surface area contributed by atoms with Crippen LogP contribution in [0.1, 0.15) is 31.9 Å². The molecule has 0 heterocycles. The summed E-state index contributed by atoms with van der Waals surface area (Å²) in [6.07, 6.45) is -0.617. The molecule has 29 heavy (non-hydrogen) atoms. The van der Waals surface area contributed by atoms with E-state index in [0.717, 1.165) is 17.5 Å². The summed E-state index contributed by atoms with van der Waals surface area (Å²) in [6, 6.07) is 16.8. The smallest absolute Gasteiger partial charge is 0.408 e. The highest BCUT2D eigenvalue weighted by Gasteiger charge is 2.37. The highest BCUT2D eigenvalue weighted by Crippen LogP contribution is 2.22. The van der Waals surface area contributed by atoms with E-state index in [2.05, 4.69) is 5.32 Å². The topological polar surface area (TPSA) is 72.8 Å². The zero-order chi connectivity index (χ0) is 21.4. The van der Waals surface area contributed by atoms with Crippen LogP contribution in [-0.2, 0) is 12.8 Å². The lowest BCUT2D eigenvalue weighted by molar-refractivity contribution is 0.00792. The van der Waals surface area contributed by atoms with Gasteiger partial charge in [0.2, 0.25) is 0 Å². The maximum Gasteiger partial charge on any atom is 0.408 e. The maximum atomic E-state index is 12.0. The van der Waals surface area contributed by atoms with Crippen LogP contribution in [0, 0.1) is 0 Å². The predicted octanol–water partition coefficient (Wildman–Crippen LogP) is 4.22. The van der Waals surface area contributed by atoms with E-state index in [1.165, 1.54) is 4.90 Å². The minimum absolute atomic E-state index is 0.310. The van der Waals surface area contributed by atoms with Crippen molar-refractivity contribution < 1.29 is 15.0 Å². The number of nitrogens with zero attached hydrogens (tertiary/aromatic N) is 1. The van der Waals surface area contributed by atoms with E-state index in [-0.39, 0.29) is 0 Å². The van der Waals surface area contributed by atoms with Gasteiger partial charge < -0.3 is 15.5 Å². The lowest BCUT2D eigenvalue weighted by Crippen LogP contribution is -2.58. The lowest BCUT2D eigenvalue weighted by atomic mass is 9.94. The lowest BCUT2D eigenvalue weighted by Gasteiger charge is -2.42. The molecule has 1 amide bonds. The summed E-state index contributed by atoms with van der Waals surface area (Å²) in [5.74, 6) is 0. The van der Waals surface area contributed by atoms with E-state index in [9.17, 15) is 15.0 Å². The van der Waals surface area contributed by atoms with Crippen LogP contribution < -0.4 is 5.32 Å². The Balaban J connectivity index is 2.03. The molecular weight excluding hydrogens is 388 g/mol. The van der Waals surface area contributed by atoms with E-state index in [1.807, 2.05) is 75.4 Å². The Labute approximate surface area is 178 Å². The molecule has 0 saturated heterocycles. The van der Waals surface area contributed by atoms with Crippen molar-refractivity contribution >= 4 is 17.7 Å². The van der Waals surface area contributed by atoms with Gasteiger partial charge in [-0.05, 0) is 63.4 Å². The van der Waals surface area contributed by atoms with Gasteiger partial charge in [-0.2, -0.15) is 0 Å². The summed E-state index contributed by atoms with van der Waals surface area (Å²) in [5, 5.41) is 24.7. The summed E-state index contributed by atoms with van der Waals surface area (Å²) >= 11 is 5.91. The van der Waals surface area contributed by atoms with Gasteiger partial charge >= 0.3 is 6.09 Å². The van der Waals surface area contributed by atoms with Gasteiger partial charge in [-0.15, -0.1) is 0 Å². The minimum atomic E-state index is -1.03. The number of rotatable bonds is 9. The molecule has 2 aromatic carbocycles. The fraction of sp³-hybridized carbons (Fsp3) is 0.435. The van der Waals surface area contributed by atoms with Crippen LogP contribution in [0.3, 0.4) is 0 Å². The van der Waals surface area contributed by atoms with Gasteiger partial charge in [-0.1, -0.05) is 54.1 Å². The van der Waals surface area contributed by atoms with Gasteiger partial charge in [0.25, 0.3) is 0 Å². The zero-order valence-electron chi connectivity index (χ0n) is 17.3. The number of halogens is 1. The Hall–Kier alpha value is -2.08. The van der Waals surface area contributed by atoms with Gasteiger partial charge in [0.15, 0.2) is 0 Å². The van der Waals surface area contributed by atoms with Crippen molar-refractivity contribution in [2.75, 3.05) is 13.1 Å². The third-order valence-corrected chi connectivity index (χ3v) is 5.10. The second-order valence-corrected chi connectivity index (χ2v) is 8.66. The standard InChI is InChI=1S/C23H31ClN2O3/c1-23(2,3)26(22(28)29)20(15-18-7-5-4-6-8-18)21(27)16-25-14-13-17-9-11-19(24)12-10-17/h4-12,20-21,25,27H,13-16H2,1-3H3,(H,28,29)/t20-,21+/m0/s1. The highest BCUT2D eigenvalue weighted by molar-refractivity contribution is 6.30. The normalized spacial score (nSPS) is 13.7. The molecule has 6 heteroatoms. The monoisotopic (exact) mass is 418 g/mol. The van der Waals surface area contributed by atoms with Gasteiger partial charge in [0.05, 0.1) is 12.1 Å². The molecule has 0 unspecified atom stereocenters. The summed E-state index contributed by atoms with van der Waals surface area (Å²) in [5.41, 5.74) is 1.52. The summed E-state index contributed by atoms with van der Waals surface area (Å²) in [6.45, 7) is 6.53. The minimum Gasteiger partial charge on any atom is -0.465 e. The second kappa shape index (κ2) is 10.6. The van der Waals surface area contributed by atoms with Gasteiger partial charge in [-0.3, -0.25) is 4.90 Å². The molecule has 5 nitrogen and oxygen atoms in total. The van der Waals surface area contributed by atoms with Crippen molar-refractivity contribution in [3.8, 4) is 0 Å². The summed E-state index contributed by atoms with van der Waals surface area (Å²) in [7, 11) is 0. The first-order valence-corrected chi connectivity index (χ1v) is 10.3. The van der Waals surface area contributed by atoms with Gasteiger partial charge in [-0.25, -0.2) is 4.79 Å². The average molecular weight is 419 g/mol. The number of amides is 1. The number of carbonyl (C=O) groups is 1. The Morgan fingerprint density at radius 1 is 1.07 bits per heavy atom. The number of aliphatic hydroxyl groups is 1. The molecule has 158 valence electrons. The highest BCUT2D eigenvalue weighted by atomic mass is 35.5. The fourth-order valence-corrected chi connectivity index (χ4v) is 3.58. The molecule has 0 radical (unpaired) electrons. The first-order chi connectivity index (χ1) is 13.7. The quantitative estimate of drug-likeness (QED) is 0.533. The summed E-state index contributed by atoms with van der Waals surface area (Å²) in [4.78, 5) is 13.4. The van der Waals surface area contributed by atoms with Crippen LogP contribution in [0.4, 0.5) is 4.79 Å². The molecule has 0 bridgehead atoms. The van der Waals surface area contributed by atoms with Crippen LogP contribution in [0.2, 0.25) is 5.02 Å². The molecular formula is C23H31ClN2O3. The zero-order valence-corrected chi connectivity index (χ0v) is 18.1. The molecule has 0 aliphatic carbocycles. The van der Waals surface area contributed by atoms with E-state index in [4.69, 9.17) is 11.6 Å². The fourth-order valence-electron chi connectivity index (χ4n) is 3.45. The van der Waals surface area contributed by atoms with E-state index < -0.39 is 23.8 Å². The number of aliphatic hydroxyl groups excluding tert-OH is 1. The molecule has 0 saturated carbocycles. The Bertz CT molecular complexity index is 760. The van der Waals surface area contributed by atoms with E-state index >= 15 is 0 Å². The Morgan fingerprint density at radius 2 is 1.69 bits per heavy atom. The SMILES string of the molecule is CC(C)(C)N(C(=O)O)[C@@H](Cc1ccccc1)[C@H](O)CNCCc1ccc(Cl)cc1. The van der Waals surface area contributed by atoms with E-state index in [0.29, 0.717) is 24.5 Å². The second-order valence-electron chi connectivity index (χ2n) is 8.23. The molecule has 2 rings (SSSR count). The van der Waals surface area contributed by atoms with Crippen LogP contribution in [0.15, 0.2) is 54.6 Å². The van der Waals surface area contributed by atoms with Crippen molar-refractivity contribution in [1.29, 1.82) is 0 Å². The number of nitrogens with one attached hydrogen (secondary N) is 1. The van der Waals surface area contributed by atoms with E-state index in [1.54, 1.807) is 0 Å². The molecule has 0 aliphatic heterocycles. The van der Waals surface area contributed by atoms with Crippen LogP contribution in [0.25, 0.3) is 0 Å². The summed E-state index contributed by atoms with van der Waals surface area (Å²) < 4.78 is 0. The number of carboxylic acid groups (broad SMARTS) is 1. The number of hydrogen-bond acceptors (Lipinski definition) is 3. The number of benzene rings is 2. The molecule has 0 spiro atoms. The van der Waals surface area contributed by atoms with Crippen LogP contribution >= 0.6 is 11.6 Å². The first kappa shape index (κ1) is 23.2. The molecule has 2 aromatic rings. The molecule has 0 aromatic heterocycles. The van der Waals surface area contributed by atoms with Crippen molar-refractivity contribution in [3.63, 3.8) is 0 Å². The molecule has 2 atom stereocenters. The average Bonchev–Trinajstić information content (AvgIpc) is 2.65. The third-order valence-electron chi connectivity index (χ3n) is 4.85. The third kappa shape index (κ3) is 7.35. The van der Waals surface area contributed by atoms with Crippen molar-refractivity contribution in [1.82, 2.24) is 10.2 Å². The van der Waals surface area contributed by atoms with Crippen molar-refractivity contribution in [2.24, 2.45) is 0 Å². The Kier molecular flexibility index (Phi) is 8.50. The number of hydrogen-bond donors (Lipinski definition) is 3. The van der Waals surface area contributed by atoms with Crippen molar-refractivity contribution in [3.05, 3.63) is 70.7 Å². The van der Waals surface area contributed by atoms with Crippen LogP contribution in [-0.4, -0.2) is 52.0 Å². The van der Waals surface area contributed by atoms with Gasteiger partial charge in [0.1, 0.15) is 0 Å². The van der Waals surface area contributed by atoms with Crippen molar-refractivity contribution in [2.45, 2.75) is 51.3 Å². The Morgan fingerprint density at radius 3 is 2.24 bits per heavy atom. The van der Waals surface area contributed by atoms with Gasteiger partial charge in [0, 0.05) is 17.1 Å². The molecule has 0 aliphatic rings.